The van der Waals surface area contributed by atoms with Crippen LogP contribution in [-0.4, -0.2) is 49.3 Å². The molecule has 1 fully saturated rings. The molecule has 4 heterocycles. The van der Waals surface area contributed by atoms with Gasteiger partial charge in [-0.05, 0) is 71.9 Å². The van der Waals surface area contributed by atoms with Crippen LogP contribution < -0.4 is 5.56 Å². The van der Waals surface area contributed by atoms with Gasteiger partial charge in [0.05, 0.1) is 18.2 Å². The number of aromatic nitrogens is 5. The van der Waals surface area contributed by atoms with E-state index in [4.69, 9.17) is 4.74 Å². The third kappa shape index (κ3) is 4.06. The van der Waals surface area contributed by atoms with E-state index in [1.807, 2.05) is 17.7 Å². The van der Waals surface area contributed by atoms with E-state index in [9.17, 15) is 4.79 Å². The molecule has 1 saturated heterocycles. The first-order valence-corrected chi connectivity index (χ1v) is 12.4. The number of benzene rings is 2. The van der Waals surface area contributed by atoms with Crippen molar-refractivity contribution in [2.45, 2.75) is 58.3 Å². The molecule has 6 rings (SSSR count). The lowest BCUT2D eigenvalue weighted by Gasteiger charge is -2.35. The molecule has 0 saturated carbocycles. The van der Waals surface area contributed by atoms with E-state index in [1.54, 1.807) is 0 Å². The standard InChI is InChI=1S/C27H30N6O2/c1-17-9-10-18(2)24-22(17)14-23(27(34)28-24)25(32-12-11-19-6-3-4-7-20(19)15-32)26-29-30-31-33(26)16-21-8-5-13-35-21/h3-4,6-7,9-10,14,21,25H,5,8,11-13,15-16H2,1-2H3,(H,28,34)/t21-,25+/m1/s1. The quantitative estimate of drug-likeness (QED) is 0.481. The number of aryl methyl sites for hydroxylation is 2. The van der Waals surface area contributed by atoms with E-state index in [0.717, 1.165) is 61.0 Å². The molecule has 2 aliphatic heterocycles. The van der Waals surface area contributed by atoms with Gasteiger partial charge >= 0.3 is 0 Å². The molecule has 0 bridgehead atoms. The van der Waals surface area contributed by atoms with Crippen LogP contribution in [0.25, 0.3) is 10.9 Å². The molecule has 35 heavy (non-hydrogen) atoms. The molecule has 4 aromatic rings. The Hall–Kier alpha value is -3.36. The van der Waals surface area contributed by atoms with Crippen molar-refractivity contribution >= 4 is 10.9 Å². The molecule has 2 aromatic heterocycles. The molecular weight excluding hydrogens is 440 g/mol. The molecule has 8 heteroatoms. The Morgan fingerprint density at radius 2 is 1.97 bits per heavy atom. The van der Waals surface area contributed by atoms with Crippen LogP contribution >= 0.6 is 0 Å². The van der Waals surface area contributed by atoms with Gasteiger partial charge in [0.2, 0.25) is 0 Å². The monoisotopic (exact) mass is 470 g/mol. The summed E-state index contributed by atoms with van der Waals surface area (Å²) in [7, 11) is 0. The molecular formula is C27H30N6O2. The van der Waals surface area contributed by atoms with Crippen LogP contribution in [0.1, 0.15) is 52.5 Å². The van der Waals surface area contributed by atoms with E-state index < -0.39 is 0 Å². The van der Waals surface area contributed by atoms with Crippen LogP contribution in [-0.2, 0) is 24.2 Å². The Labute approximate surface area is 203 Å². The molecule has 0 unspecified atom stereocenters. The van der Waals surface area contributed by atoms with E-state index in [2.05, 4.69) is 68.7 Å². The van der Waals surface area contributed by atoms with Crippen LogP contribution in [0.15, 0.2) is 47.3 Å². The van der Waals surface area contributed by atoms with Gasteiger partial charge in [0.25, 0.3) is 5.56 Å². The van der Waals surface area contributed by atoms with Crippen molar-refractivity contribution in [3.63, 3.8) is 0 Å². The first-order valence-electron chi connectivity index (χ1n) is 12.4. The Kier molecular flexibility index (Phi) is 5.70. The first kappa shape index (κ1) is 22.1. The number of nitrogens with zero attached hydrogens (tertiary/aromatic N) is 5. The fourth-order valence-corrected chi connectivity index (χ4v) is 5.55. The second kappa shape index (κ2) is 9.02. The normalized spacial score (nSPS) is 19.2. The molecule has 8 nitrogen and oxygen atoms in total. The van der Waals surface area contributed by atoms with Gasteiger partial charge < -0.3 is 9.72 Å². The molecule has 1 N–H and O–H groups in total. The fraction of sp³-hybridized carbons (Fsp3) is 0.407. The van der Waals surface area contributed by atoms with E-state index in [0.29, 0.717) is 17.9 Å². The summed E-state index contributed by atoms with van der Waals surface area (Å²) < 4.78 is 7.71. The number of hydrogen-bond donors (Lipinski definition) is 1. The molecule has 2 aromatic carbocycles. The highest BCUT2D eigenvalue weighted by molar-refractivity contribution is 5.85. The second-order valence-electron chi connectivity index (χ2n) is 9.79. The summed E-state index contributed by atoms with van der Waals surface area (Å²) in [6.45, 7) is 7.02. The number of pyridine rings is 1. The minimum absolute atomic E-state index is 0.0956. The molecule has 2 atom stereocenters. The van der Waals surface area contributed by atoms with Crippen molar-refractivity contribution < 1.29 is 4.74 Å². The lowest BCUT2D eigenvalue weighted by atomic mass is 9.95. The zero-order chi connectivity index (χ0) is 23.9. The summed E-state index contributed by atoms with van der Waals surface area (Å²) in [5.41, 5.74) is 6.30. The number of hydrogen-bond acceptors (Lipinski definition) is 6. The molecule has 2 aliphatic rings. The average molecular weight is 471 g/mol. The van der Waals surface area contributed by atoms with Gasteiger partial charge in [-0.2, -0.15) is 0 Å². The van der Waals surface area contributed by atoms with Crippen LogP contribution in [0.5, 0.6) is 0 Å². The summed E-state index contributed by atoms with van der Waals surface area (Å²) in [5, 5.41) is 13.9. The number of nitrogens with one attached hydrogen (secondary N) is 1. The van der Waals surface area contributed by atoms with Gasteiger partial charge in [0.15, 0.2) is 5.82 Å². The Bertz CT molecular complexity index is 1440. The smallest absolute Gasteiger partial charge is 0.253 e. The summed E-state index contributed by atoms with van der Waals surface area (Å²) >= 11 is 0. The predicted octanol–water partition coefficient (Wildman–Crippen LogP) is 3.46. The minimum Gasteiger partial charge on any atom is -0.376 e. The summed E-state index contributed by atoms with van der Waals surface area (Å²) in [5.74, 6) is 0.690. The summed E-state index contributed by atoms with van der Waals surface area (Å²) in [6.07, 6.45) is 3.07. The predicted molar refractivity (Wildman–Crippen MR) is 133 cm³/mol. The zero-order valence-electron chi connectivity index (χ0n) is 20.2. The molecule has 180 valence electrons. The van der Waals surface area contributed by atoms with E-state index in [1.165, 1.54) is 11.1 Å². The van der Waals surface area contributed by atoms with Crippen molar-refractivity contribution in [1.29, 1.82) is 0 Å². The highest BCUT2D eigenvalue weighted by atomic mass is 16.5. The maximum atomic E-state index is 13.6. The van der Waals surface area contributed by atoms with Crippen molar-refractivity contribution in [2.75, 3.05) is 13.2 Å². The van der Waals surface area contributed by atoms with Gasteiger partial charge in [-0.3, -0.25) is 9.69 Å². The van der Waals surface area contributed by atoms with Gasteiger partial charge in [0, 0.05) is 30.6 Å². The highest BCUT2D eigenvalue weighted by Gasteiger charge is 2.33. The van der Waals surface area contributed by atoms with Crippen molar-refractivity contribution in [3.05, 3.63) is 86.5 Å². The fourth-order valence-electron chi connectivity index (χ4n) is 5.55. The zero-order valence-corrected chi connectivity index (χ0v) is 20.2. The van der Waals surface area contributed by atoms with Gasteiger partial charge in [0.1, 0.15) is 6.04 Å². The van der Waals surface area contributed by atoms with Crippen LogP contribution in [0.2, 0.25) is 0 Å². The highest BCUT2D eigenvalue weighted by Crippen LogP contribution is 2.32. The van der Waals surface area contributed by atoms with Crippen molar-refractivity contribution in [3.8, 4) is 0 Å². The number of H-pyrrole nitrogens is 1. The molecule has 0 amide bonds. The van der Waals surface area contributed by atoms with E-state index in [-0.39, 0.29) is 17.7 Å². The Balaban J connectivity index is 1.49. The maximum absolute atomic E-state index is 13.6. The lowest BCUT2D eigenvalue weighted by molar-refractivity contribution is 0.0904. The van der Waals surface area contributed by atoms with Crippen molar-refractivity contribution in [1.82, 2.24) is 30.1 Å². The second-order valence-corrected chi connectivity index (χ2v) is 9.79. The number of rotatable bonds is 5. The topological polar surface area (TPSA) is 88.9 Å². The average Bonchev–Trinajstić information content (AvgIpc) is 3.55. The number of ether oxygens (including phenoxy) is 1. The minimum atomic E-state index is -0.368. The largest absolute Gasteiger partial charge is 0.376 e. The third-order valence-corrected chi connectivity index (χ3v) is 7.50. The first-order chi connectivity index (χ1) is 17.1. The van der Waals surface area contributed by atoms with Crippen LogP contribution in [0.4, 0.5) is 0 Å². The summed E-state index contributed by atoms with van der Waals surface area (Å²) in [6, 6.07) is 14.4. The SMILES string of the molecule is Cc1ccc(C)c2[nH]c(=O)c([C@@H](c3nnnn3C[C@H]3CCCO3)N3CCc4ccccc4C3)cc12. The Morgan fingerprint density at radius 1 is 1.14 bits per heavy atom. The van der Waals surface area contributed by atoms with Gasteiger partial charge in [-0.25, -0.2) is 4.68 Å². The van der Waals surface area contributed by atoms with E-state index >= 15 is 0 Å². The molecule has 0 aliphatic carbocycles. The van der Waals surface area contributed by atoms with Crippen LogP contribution in [0, 0.1) is 13.8 Å². The lowest BCUT2D eigenvalue weighted by Crippen LogP contribution is -2.39. The van der Waals surface area contributed by atoms with Crippen LogP contribution in [0.3, 0.4) is 0 Å². The van der Waals surface area contributed by atoms with Gasteiger partial charge in [-0.15, -0.1) is 5.10 Å². The number of tetrazole rings is 1. The number of aromatic amines is 1. The van der Waals surface area contributed by atoms with Crippen molar-refractivity contribution in [2.24, 2.45) is 0 Å². The van der Waals surface area contributed by atoms with Gasteiger partial charge in [-0.1, -0.05) is 36.4 Å². The Morgan fingerprint density at radius 3 is 2.80 bits per heavy atom. The molecule has 0 radical (unpaired) electrons. The number of fused-ring (bicyclic) bond motifs is 2. The molecule has 0 spiro atoms. The maximum Gasteiger partial charge on any atom is 0.253 e. The third-order valence-electron chi connectivity index (χ3n) is 7.50. The summed E-state index contributed by atoms with van der Waals surface area (Å²) in [4.78, 5) is 19.1.